The highest BCUT2D eigenvalue weighted by Crippen LogP contribution is 2.23. The van der Waals surface area contributed by atoms with E-state index >= 15 is 0 Å². The van der Waals surface area contributed by atoms with E-state index in [1.165, 1.54) is 23.7 Å². The first-order chi connectivity index (χ1) is 16.4. The molecule has 3 aromatic rings. The van der Waals surface area contributed by atoms with Crippen LogP contribution < -0.4 is 16.8 Å². The van der Waals surface area contributed by atoms with Gasteiger partial charge >= 0.3 is 0 Å². The minimum Gasteiger partial charge on any atom is -0.388 e. The zero-order valence-electron chi connectivity index (χ0n) is 20.1. The Bertz CT molecular complexity index is 1020. The first-order valence-electron chi connectivity index (χ1n) is 11.3. The van der Waals surface area contributed by atoms with E-state index in [1.54, 1.807) is 5.51 Å². The summed E-state index contributed by atoms with van der Waals surface area (Å²) in [7, 11) is 1.85. The number of amides is 2. The van der Waals surface area contributed by atoms with Crippen LogP contribution in [0.25, 0.3) is 11.3 Å². The quantitative estimate of drug-likeness (QED) is 0.201. The number of hydrogen-bond acceptors (Lipinski definition) is 7. The fourth-order valence-electron chi connectivity index (χ4n) is 3.00. The monoisotopic (exact) mass is 485 g/mol. The molecule has 7 N–H and O–H groups in total. The van der Waals surface area contributed by atoms with Gasteiger partial charge in [-0.1, -0.05) is 32.8 Å². The van der Waals surface area contributed by atoms with Crippen LogP contribution in [-0.2, 0) is 11.2 Å². The Morgan fingerprint density at radius 1 is 1.15 bits per heavy atom. The Kier molecular flexibility index (Phi) is 13.5. The zero-order valence-corrected chi connectivity index (χ0v) is 20.9. The van der Waals surface area contributed by atoms with Crippen molar-refractivity contribution in [1.29, 1.82) is 5.41 Å². The van der Waals surface area contributed by atoms with Gasteiger partial charge in [0.1, 0.15) is 10.7 Å². The van der Waals surface area contributed by atoms with Crippen LogP contribution in [0.3, 0.4) is 0 Å². The second-order valence-electron chi connectivity index (χ2n) is 7.05. The average Bonchev–Trinajstić information content (AvgIpc) is 3.55. The predicted molar refractivity (Wildman–Crippen MR) is 139 cm³/mol. The molecule has 0 saturated heterocycles. The van der Waals surface area contributed by atoms with Crippen molar-refractivity contribution >= 4 is 35.1 Å². The summed E-state index contributed by atoms with van der Waals surface area (Å²) >= 11 is 1.25. The Labute approximate surface area is 204 Å². The lowest BCUT2D eigenvalue weighted by Gasteiger charge is -2.06. The lowest BCUT2D eigenvalue weighted by atomic mass is 10.1. The van der Waals surface area contributed by atoms with Crippen LogP contribution in [0.15, 0.2) is 36.1 Å². The van der Waals surface area contributed by atoms with Gasteiger partial charge in [-0.05, 0) is 25.0 Å². The number of aromatic nitrogens is 3. The number of nitrogens with zero attached hydrogens (tertiary/aromatic N) is 2. The number of anilines is 1. The molecule has 0 aliphatic heterocycles. The SMILES string of the molecule is CC.CNc1ccc(-c2cnc(CCCCCCC(N)=O)[nH]2)cc1C=N.NC(=O)c1cncs1. The van der Waals surface area contributed by atoms with Crippen LogP contribution in [0.4, 0.5) is 5.69 Å². The molecule has 0 saturated carbocycles. The number of thiazole rings is 1. The van der Waals surface area contributed by atoms with Crippen LogP contribution in [0, 0.1) is 5.41 Å². The second-order valence-corrected chi connectivity index (χ2v) is 7.94. The van der Waals surface area contributed by atoms with Crippen molar-refractivity contribution in [2.45, 2.75) is 52.4 Å². The Morgan fingerprint density at radius 2 is 1.88 bits per heavy atom. The van der Waals surface area contributed by atoms with E-state index in [0.29, 0.717) is 11.3 Å². The number of nitrogens with one attached hydrogen (secondary N) is 3. The van der Waals surface area contributed by atoms with Gasteiger partial charge in [-0.3, -0.25) is 14.6 Å². The van der Waals surface area contributed by atoms with Crippen molar-refractivity contribution in [3.63, 3.8) is 0 Å². The van der Waals surface area contributed by atoms with Gasteiger partial charge in [-0.2, -0.15) is 0 Å². The molecular formula is C24H35N7O2S. The molecule has 0 unspecified atom stereocenters. The van der Waals surface area contributed by atoms with Crippen LogP contribution in [0.5, 0.6) is 0 Å². The predicted octanol–water partition coefficient (Wildman–Crippen LogP) is 4.36. The van der Waals surface area contributed by atoms with E-state index in [1.807, 2.05) is 45.3 Å². The molecule has 2 heterocycles. The minimum atomic E-state index is -0.410. The fourth-order valence-corrected chi connectivity index (χ4v) is 3.47. The van der Waals surface area contributed by atoms with Gasteiger partial charge in [0.15, 0.2) is 0 Å². The highest BCUT2D eigenvalue weighted by molar-refractivity contribution is 7.11. The molecule has 2 aromatic heterocycles. The van der Waals surface area contributed by atoms with Gasteiger partial charge in [0, 0.05) is 42.9 Å². The molecular weight excluding hydrogens is 450 g/mol. The molecule has 3 rings (SSSR count). The largest absolute Gasteiger partial charge is 0.388 e. The number of unbranched alkanes of at least 4 members (excludes halogenated alkanes) is 3. The number of benzene rings is 1. The molecule has 0 aliphatic rings. The van der Waals surface area contributed by atoms with Gasteiger partial charge in [0.25, 0.3) is 5.91 Å². The van der Waals surface area contributed by atoms with Crippen LogP contribution >= 0.6 is 11.3 Å². The number of hydrogen-bond donors (Lipinski definition) is 5. The van der Waals surface area contributed by atoms with Crippen LogP contribution in [0.1, 0.15) is 67.0 Å². The molecule has 10 heteroatoms. The highest BCUT2D eigenvalue weighted by Gasteiger charge is 2.06. The van der Waals surface area contributed by atoms with E-state index in [9.17, 15) is 9.59 Å². The lowest BCUT2D eigenvalue weighted by Crippen LogP contribution is -2.09. The van der Waals surface area contributed by atoms with Gasteiger partial charge < -0.3 is 27.2 Å². The molecule has 0 radical (unpaired) electrons. The number of primary amides is 2. The number of carbonyl (C=O) groups is 2. The first-order valence-corrected chi connectivity index (χ1v) is 12.2. The summed E-state index contributed by atoms with van der Waals surface area (Å²) in [5, 5.41) is 10.6. The second kappa shape index (κ2) is 16.1. The summed E-state index contributed by atoms with van der Waals surface area (Å²) in [6.07, 6.45) is 9.99. The maximum Gasteiger partial charge on any atom is 0.260 e. The number of carbonyl (C=O) groups excluding carboxylic acids is 2. The van der Waals surface area contributed by atoms with Crippen molar-refractivity contribution in [3.05, 3.63) is 52.4 Å². The van der Waals surface area contributed by atoms with E-state index in [2.05, 4.69) is 20.3 Å². The Morgan fingerprint density at radius 3 is 2.44 bits per heavy atom. The molecule has 0 fully saturated rings. The van der Waals surface area contributed by atoms with Gasteiger partial charge in [0.05, 0.1) is 23.6 Å². The molecule has 0 atom stereocenters. The number of aryl methyl sites for hydroxylation is 1. The number of aromatic amines is 1. The van der Waals surface area contributed by atoms with Crippen molar-refractivity contribution in [2.75, 3.05) is 12.4 Å². The molecule has 34 heavy (non-hydrogen) atoms. The highest BCUT2D eigenvalue weighted by atomic mass is 32.1. The standard InChI is InChI=1S/C18H25N5O.C4H4N2OS.C2H6/c1-21-15-9-8-13(10-14(15)11-19)16-12-22-18(23-16)7-5-3-2-4-6-17(20)24;5-4(7)3-1-6-2-8-3;1-2/h8-12,19,21H,2-7H2,1H3,(H2,20,24)(H,22,23);1-2H,(H2,5,7);1-2H3. The molecule has 0 aliphatic carbocycles. The summed E-state index contributed by atoms with van der Waals surface area (Å²) in [5.41, 5.74) is 15.3. The molecule has 184 valence electrons. The van der Waals surface area contributed by atoms with Gasteiger partial charge in [-0.15, -0.1) is 11.3 Å². The first kappa shape index (κ1) is 28.5. The molecule has 0 spiro atoms. The summed E-state index contributed by atoms with van der Waals surface area (Å²) in [6.45, 7) is 4.00. The fraction of sp³-hybridized carbons (Fsp3) is 0.375. The Balaban J connectivity index is 0.000000483. The van der Waals surface area contributed by atoms with Gasteiger partial charge in [0.2, 0.25) is 5.91 Å². The molecule has 0 bridgehead atoms. The number of rotatable bonds is 11. The molecule has 1 aromatic carbocycles. The normalized spacial score (nSPS) is 9.74. The third-order valence-corrected chi connectivity index (χ3v) is 5.47. The lowest BCUT2D eigenvalue weighted by molar-refractivity contribution is -0.118. The van der Waals surface area contributed by atoms with E-state index in [0.717, 1.165) is 60.4 Å². The smallest absolute Gasteiger partial charge is 0.260 e. The zero-order chi connectivity index (χ0) is 25.3. The van der Waals surface area contributed by atoms with Crippen LogP contribution in [-0.4, -0.2) is 40.0 Å². The van der Waals surface area contributed by atoms with E-state index in [-0.39, 0.29) is 5.91 Å². The number of imidazole rings is 1. The van der Waals surface area contributed by atoms with Gasteiger partial charge in [-0.25, -0.2) is 4.98 Å². The van der Waals surface area contributed by atoms with Crippen molar-refractivity contribution in [2.24, 2.45) is 11.5 Å². The maximum atomic E-state index is 10.7. The topological polar surface area (TPSA) is 164 Å². The van der Waals surface area contributed by atoms with Crippen LogP contribution in [0.2, 0.25) is 0 Å². The minimum absolute atomic E-state index is 0.223. The van der Waals surface area contributed by atoms with E-state index in [4.69, 9.17) is 16.9 Å². The number of H-pyrrole nitrogens is 1. The van der Waals surface area contributed by atoms with Crippen molar-refractivity contribution in [3.8, 4) is 11.3 Å². The Hall–Kier alpha value is -3.53. The third-order valence-electron chi connectivity index (χ3n) is 4.68. The summed E-state index contributed by atoms with van der Waals surface area (Å²) in [4.78, 5) is 32.9. The number of nitrogens with two attached hydrogens (primary N) is 2. The molecule has 2 amide bonds. The average molecular weight is 486 g/mol. The van der Waals surface area contributed by atoms with Crippen molar-refractivity contribution in [1.82, 2.24) is 15.0 Å². The van der Waals surface area contributed by atoms with Crippen molar-refractivity contribution < 1.29 is 9.59 Å². The maximum absolute atomic E-state index is 10.7. The van der Waals surface area contributed by atoms with E-state index < -0.39 is 5.91 Å². The summed E-state index contributed by atoms with van der Waals surface area (Å²) < 4.78 is 0. The third kappa shape index (κ3) is 9.95. The summed E-state index contributed by atoms with van der Waals surface area (Å²) in [6, 6.07) is 5.95. The molecule has 9 nitrogen and oxygen atoms in total. The summed E-state index contributed by atoms with van der Waals surface area (Å²) in [5.74, 6) is 0.334.